The summed E-state index contributed by atoms with van der Waals surface area (Å²) < 4.78 is 0. The largest absolute Gasteiger partial charge is 0.473 e. The van der Waals surface area contributed by atoms with Gasteiger partial charge in [0.15, 0.2) is 0 Å². The molecule has 1 heterocycles. The van der Waals surface area contributed by atoms with Gasteiger partial charge in [0.05, 0.1) is 0 Å². The molecule has 5 N–H and O–H groups in total. The van der Waals surface area contributed by atoms with Gasteiger partial charge in [-0.2, -0.15) is 0 Å². The summed E-state index contributed by atoms with van der Waals surface area (Å²) in [7, 11) is 0. The Labute approximate surface area is 176 Å². The Morgan fingerprint density at radius 3 is 2.00 bits per heavy atom. The molecule has 29 heavy (non-hydrogen) atoms. The summed E-state index contributed by atoms with van der Waals surface area (Å²) in [5.41, 5.74) is 6.95. The second-order valence-electron chi connectivity index (χ2n) is 7.03. The van der Waals surface area contributed by atoms with E-state index in [0.717, 1.165) is 12.8 Å². The molecule has 7 heteroatoms. The van der Waals surface area contributed by atoms with Crippen LogP contribution in [0.5, 0.6) is 0 Å². The number of carboxylic acid groups (broad SMARTS) is 2. The topological polar surface area (TPSA) is 121 Å². The minimum Gasteiger partial charge on any atom is -0.473 e. The first-order valence-corrected chi connectivity index (χ1v) is 10.6. The lowest BCUT2D eigenvalue weighted by molar-refractivity contribution is -0.159. The summed E-state index contributed by atoms with van der Waals surface area (Å²) in [6.45, 7) is 2.01. The summed E-state index contributed by atoms with van der Waals surface area (Å²) >= 11 is 1.92. The van der Waals surface area contributed by atoms with Crippen LogP contribution in [0.25, 0.3) is 0 Å². The smallest absolute Gasteiger partial charge is 0.414 e. The van der Waals surface area contributed by atoms with Crippen LogP contribution in [0.2, 0.25) is 0 Å². The van der Waals surface area contributed by atoms with Crippen molar-refractivity contribution in [1.82, 2.24) is 0 Å². The molecule has 1 aromatic carbocycles. The van der Waals surface area contributed by atoms with Crippen LogP contribution >= 0.6 is 11.3 Å². The van der Waals surface area contributed by atoms with Crippen molar-refractivity contribution in [2.45, 2.75) is 58.1 Å². The monoisotopic (exact) mass is 421 g/mol. The number of nitrogens with two attached hydrogens (primary N) is 1. The van der Waals surface area contributed by atoms with E-state index in [4.69, 9.17) is 25.5 Å². The molecule has 0 bridgehead atoms. The number of thiophene rings is 1. The van der Waals surface area contributed by atoms with Crippen LogP contribution in [0.4, 0.5) is 0 Å². The van der Waals surface area contributed by atoms with Gasteiger partial charge in [-0.15, -0.1) is 11.3 Å². The van der Waals surface area contributed by atoms with Crippen LogP contribution < -0.4 is 5.73 Å². The summed E-state index contributed by atoms with van der Waals surface area (Å²) in [5, 5.41) is 24.1. The Morgan fingerprint density at radius 2 is 1.45 bits per heavy atom. The zero-order chi connectivity index (χ0) is 21.6. The fourth-order valence-corrected chi connectivity index (χ4v) is 3.76. The van der Waals surface area contributed by atoms with Gasteiger partial charge in [-0.3, -0.25) is 0 Å². The molecule has 1 aromatic heterocycles. The van der Waals surface area contributed by atoms with Crippen molar-refractivity contribution in [1.29, 1.82) is 0 Å². The number of aliphatic hydroxyl groups excluding tert-OH is 1. The summed E-state index contributed by atoms with van der Waals surface area (Å²) in [6.07, 6.45) is 7.49. The number of carboxylic acids is 2. The minimum atomic E-state index is -1.82. The zero-order valence-electron chi connectivity index (χ0n) is 16.8. The van der Waals surface area contributed by atoms with Crippen LogP contribution in [-0.2, 0) is 28.9 Å². The highest BCUT2D eigenvalue weighted by Gasteiger charge is 2.10. The molecule has 2 rings (SSSR count). The molecule has 0 saturated heterocycles. The molecule has 0 aliphatic carbocycles. The summed E-state index contributed by atoms with van der Waals surface area (Å²) in [4.78, 5) is 21.1. The van der Waals surface area contributed by atoms with E-state index in [2.05, 4.69) is 42.5 Å². The predicted molar refractivity (Wildman–Crippen MR) is 115 cm³/mol. The minimum absolute atomic E-state index is 0.165. The van der Waals surface area contributed by atoms with Gasteiger partial charge in [-0.25, -0.2) is 9.59 Å². The quantitative estimate of drug-likeness (QED) is 0.264. The van der Waals surface area contributed by atoms with E-state index in [1.807, 2.05) is 18.3 Å². The van der Waals surface area contributed by atoms with Gasteiger partial charge >= 0.3 is 11.9 Å². The highest BCUT2D eigenvalue weighted by atomic mass is 32.1. The van der Waals surface area contributed by atoms with Crippen molar-refractivity contribution in [3.05, 3.63) is 57.8 Å². The summed E-state index contributed by atoms with van der Waals surface area (Å²) in [6, 6.07) is 15.2. The lowest BCUT2D eigenvalue weighted by atomic mass is 10.0. The van der Waals surface area contributed by atoms with E-state index < -0.39 is 18.2 Å². The summed E-state index contributed by atoms with van der Waals surface area (Å²) in [5.74, 6) is -3.48. The average molecular weight is 422 g/mol. The van der Waals surface area contributed by atoms with E-state index in [1.54, 1.807) is 0 Å². The van der Waals surface area contributed by atoms with Gasteiger partial charge in [-0.05, 0) is 62.1 Å². The lowest BCUT2D eigenvalue weighted by Gasteiger charge is -2.13. The first-order chi connectivity index (χ1) is 13.8. The number of hydrogen-bond acceptors (Lipinski definition) is 5. The van der Waals surface area contributed by atoms with Gasteiger partial charge in [-0.1, -0.05) is 43.7 Å². The van der Waals surface area contributed by atoms with Gasteiger partial charge in [0.25, 0.3) is 0 Å². The first-order valence-electron chi connectivity index (χ1n) is 9.81. The van der Waals surface area contributed by atoms with Gasteiger partial charge in [0.2, 0.25) is 0 Å². The molecule has 0 aliphatic rings. The molecule has 0 amide bonds. The van der Waals surface area contributed by atoms with Crippen molar-refractivity contribution >= 4 is 23.3 Å². The van der Waals surface area contributed by atoms with Crippen molar-refractivity contribution in [2.24, 2.45) is 11.7 Å². The second kappa shape index (κ2) is 13.9. The lowest BCUT2D eigenvalue weighted by Crippen LogP contribution is -2.27. The maximum atomic E-state index is 9.33. The molecule has 0 fully saturated rings. The van der Waals surface area contributed by atoms with Crippen molar-refractivity contribution in [3.8, 4) is 0 Å². The van der Waals surface area contributed by atoms with Crippen molar-refractivity contribution in [3.63, 3.8) is 0 Å². The van der Waals surface area contributed by atoms with E-state index in [-0.39, 0.29) is 5.92 Å². The Kier molecular flexibility index (Phi) is 11.9. The predicted octanol–water partition coefficient (Wildman–Crippen LogP) is 3.71. The fraction of sp³-hybridized carbons (Fsp3) is 0.455. The maximum Gasteiger partial charge on any atom is 0.414 e. The van der Waals surface area contributed by atoms with E-state index in [9.17, 15) is 5.11 Å². The Balaban J connectivity index is 0.000000612. The number of benzene rings is 1. The molecule has 1 unspecified atom stereocenters. The van der Waals surface area contributed by atoms with E-state index >= 15 is 0 Å². The molecule has 0 aliphatic heterocycles. The number of hydrogen-bond donors (Lipinski definition) is 4. The molecule has 2 aromatic rings. The number of rotatable bonds is 10. The highest BCUT2D eigenvalue weighted by Crippen LogP contribution is 2.22. The third-order valence-electron chi connectivity index (χ3n) is 4.56. The van der Waals surface area contributed by atoms with Crippen LogP contribution in [0.1, 0.15) is 47.9 Å². The zero-order valence-corrected chi connectivity index (χ0v) is 17.6. The van der Waals surface area contributed by atoms with Crippen LogP contribution in [-0.4, -0.2) is 33.5 Å². The van der Waals surface area contributed by atoms with E-state index in [1.165, 1.54) is 47.4 Å². The molecule has 0 saturated carbocycles. The molecular weight excluding hydrogens is 390 g/mol. The maximum absolute atomic E-state index is 9.33. The average Bonchev–Trinajstić information content (AvgIpc) is 3.14. The van der Waals surface area contributed by atoms with Gasteiger partial charge < -0.3 is 21.1 Å². The van der Waals surface area contributed by atoms with Gasteiger partial charge in [0.1, 0.15) is 6.23 Å². The standard InChI is InChI=1S/C20H29NOS.C2H2O4/c1-16(20(21)22)12-13-19-15-14-18(23-19)11-7-3-6-10-17-8-4-2-5-9-17;3-1(4)2(5)6/h2,4-5,8-9,14-16,20,22H,3,6-7,10-13,21H2,1H3;(H,3,4)(H,5,6)/t16-,20?;/m1./s1. The molecule has 2 atom stereocenters. The number of carbonyl (C=O) groups is 2. The number of aliphatic carboxylic acids is 2. The van der Waals surface area contributed by atoms with E-state index in [0.29, 0.717) is 0 Å². The van der Waals surface area contributed by atoms with Crippen molar-refractivity contribution in [2.75, 3.05) is 0 Å². The SMILES string of the molecule is C[C@H](CCc1ccc(CCCCCc2ccccc2)s1)C(N)O.O=C(O)C(=O)O. The molecule has 6 nitrogen and oxygen atoms in total. The first kappa shape index (κ1) is 24.8. The molecule has 0 spiro atoms. The van der Waals surface area contributed by atoms with Crippen LogP contribution in [0.15, 0.2) is 42.5 Å². The second-order valence-corrected chi connectivity index (χ2v) is 8.28. The highest BCUT2D eigenvalue weighted by molar-refractivity contribution is 7.11. The number of aryl methyl sites for hydroxylation is 3. The normalized spacial score (nSPS) is 12.5. The number of unbranched alkanes of at least 4 members (excludes halogenated alkanes) is 2. The molecule has 0 radical (unpaired) electrons. The Morgan fingerprint density at radius 1 is 0.897 bits per heavy atom. The Bertz CT molecular complexity index is 718. The van der Waals surface area contributed by atoms with Gasteiger partial charge in [0, 0.05) is 9.75 Å². The van der Waals surface area contributed by atoms with Crippen molar-refractivity contribution < 1.29 is 24.9 Å². The third-order valence-corrected chi connectivity index (χ3v) is 5.77. The number of aliphatic hydroxyl groups is 1. The Hall–Kier alpha value is -2.22. The van der Waals surface area contributed by atoms with Crippen LogP contribution in [0, 0.1) is 5.92 Å². The molecular formula is C22H31NO5S. The van der Waals surface area contributed by atoms with Crippen LogP contribution in [0.3, 0.4) is 0 Å². The molecule has 160 valence electrons. The fourth-order valence-electron chi connectivity index (χ4n) is 2.68. The third kappa shape index (κ3) is 11.4.